The number of benzene rings is 3. The molecule has 0 atom stereocenters. The lowest BCUT2D eigenvalue weighted by Gasteiger charge is -2.10. The number of anilines is 3. The Labute approximate surface area is 183 Å². The highest BCUT2D eigenvalue weighted by Gasteiger charge is 2.06. The second-order valence-corrected chi connectivity index (χ2v) is 7.34. The number of fused-ring (bicyclic) bond motifs is 1. The van der Waals surface area contributed by atoms with Crippen LogP contribution in [0.4, 0.5) is 22.0 Å². The van der Waals surface area contributed by atoms with Crippen LogP contribution in [0.2, 0.25) is 5.02 Å². The molecule has 0 saturated carbocycles. The minimum atomic E-state index is -0.326. The Hall–Kier alpha value is -3.84. The van der Waals surface area contributed by atoms with Gasteiger partial charge in [0.2, 0.25) is 0 Å². The minimum Gasteiger partial charge on any atom is -0.368 e. The maximum atomic E-state index is 12.1. The number of aromatic amines is 1. The molecule has 0 radical (unpaired) electrons. The smallest absolute Gasteiger partial charge is 0.323 e. The van der Waals surface area contributed by atoms with Crippen LogP contribution in [0.3, 0.4) is 0 Å². The number of H-pyrrole nitrogens is 1. The first kappa shape index (κ1) is 20.4. The van der Waals surface area contributed by atoms with Crippen molar-refractivity contribution in [3.8, 4) is 0 Å². The highest BCUT2D eigenvalue weighted by Crippen LogP contribution is 2.17. The number of halogens is 1. The fraction of sp³-hybridized carbons (Fsp3) is 0.0870. The van der Waals surface area contributed by atoms with E-state index >= 15 is 0 Å². The standard InChI is InChI=1S/C23H20ClN5O2/c24-16-7-11-18(12-8-16)27-23(31)26-17-9-5-15(6-10-17)13-14-25-21-19-3-1-2-4-20(19)22(30)29-28-21/h1-12H,13-14H2,(H,25,28)(H,29,30)(H2,26,27,31). The summed E-state index contributed by atoms with van der Waals surface area (Å²) in [5.41, 5.74) is 2.25. The quantitative estimate of drug-likeness (QED) is 0.348. The van der Waals surface area contributed by atoms with Crippen molar-refractivity contribution >= 4 is 45.6 Å². The Bertz CT molecular complexity index is 1250. The van der Waals surface area contributed by atoms with E-state index in [1.54, 1.807) is 30.3 Å². The maximum absolute atomic E-state index is 12.1. The Morgan fingerprint density at radius 2 is 1.48 bits per heavy atom. The topological polar surface area (TPSA) is 98.9 Å². The molecule has 8 heteroatoms. The molecule has 1 heterocycles. The molecule has 0 aliphatic rings. The van der Waals surface area contributed by atoms with Gasteiger partial charge in [-0.25, -0.2) is 9.89 Å². The van der Waals surface area contributed by atoms with E-state index in [4.69, 9.17) is 11.6 Å². The molecule has 0 fully saturated rings. The van der Waals surface area contributed by atoms with E-state index in [2.05, 4.69) is 26.1 Å². The average Bonchev–Trinajstić information content (AvgIpc) is 2.78. The van der Waals surface area contributed by atoms with Gasteiger partial charge in [-0.2, -0.15) is 5.10 Å². The van der Waals surface area contributed by atoms with Crippen LogP contribution in [0.15, 0.2) is 77.6 Å². The molecular formula is C23H20ClN5O2. The number of aromatic nitrogens is 2. The number of nitrogens with zero attached hydrogens (tertiary/aromatic N) is 1. The van der Waals surface area contributed by atoms with Gasteiger partial charge < -0.3 is 16.0 Å². The molecule has 4 aromatic rings. The molecular weight excluding hydrogens is 414 g/mol. The van der Waals surface area contributed by atoms with Gasteiger partial charge in [0.25, 0.3) is 5.56 Å². The third kappa shape index (κ3) is 5.21. The summed E-state index contributed by atoms with van der Waals surface area (Å²) in [5, 5.41) is 17.5. The van der Waals surface area contributed by atoms with E-state index in [1.165, 1.54) is 0 Å². The maximum Gasteiger partial charge on any atom is 0.323 e. The number of carbonyl (C=O) groups excluding carboxylic acids is 1. The zero-order valence-electron chi connectivity index (χ0n) is 16.5. The van der Waals surface area contributed by atoms with Crippen molar-refractivity contribution in [2.45, 2.75) is 6.42 Å². The average molecular weight is 434 g/mol. The molecule has 0 bridgehead atoms. The monoisotopic (exact) mass is 433 g/mol. The molecule has 1 aromatic heterocycles. The van der Waals surface area contributed by atoms with Crippen LogP contribution in [0.25, 0.3) is 10.8 Å². The third-order valence-corrected chi connectivity index (χ3v) is 4.97. The predicted molar refractivity (Wildman–Crippen MR) is 125 cm³/mol. The molecule has 0 spiro atoms. The molecule has 156 valence electrons. The van der Waals surface area contributed by atoms with Crippen molar-refractivity contribution in [2.75, 3.05) is 22.5 Å². The summed E-state index contributed by atoms with van der Waals surface area (Å²) in [6.45, 7) is 0.646. The molecule has 4 N–H and O–H groups in total. The SMILES string of the molecule is O=C(Nc1ccc(Cl)cc1)Nc1ccc(CCNc2n[nH]c(=O)c3ccccc23)cc1. The van der Waals surface area contributed by atoms with E-state index in [-0.39, 0.29) is 11.6 Å². The molecule has 0 unspecified atom stereocenters. The summed E-state index contributed by atoms with van der Waals surface area (Å²) in [5.74, 6) is 0.646. The number of carbonyl (C=O) groups is 1. The first-order valence-electron chi connectivity index (χ1n) is 9.72. The second-order valence-electron chi connectivity index (χ2n) is 6.91. The lowest BCUT2D eigenvalue weighted by molar-refractivity contribution is 0.262. The van der Waals surface area contributed by atoms with E-state index in [9.17, 15) is 9.59 Å². The largest absolute Gasteiger partial charge is 0.368 e. The fourth-order valence-electron chi connectivity index (χ4n) is 3.16. The molecule has 0 aliphatic carbocycles. The van der Waals surface area contributed by atoms with Crippen molar-refractivity contribution in [2.24, 2.45) is 0 Å². The Morgan fingerprint density at radius 1 is 0.871 bits per heavy atom. The second kappa shape index (κ2) is 9.32. The number of amides is 2. The van der Waals surface area contributed by atoms with Crippen LogP contribution >= 0.6 is 11.6 Å². The van der Waals surface area contributed by atoms with Crippen molar-refractivity contribution in [1.82, 2.24) is 10.2 Å². The van der Waals surface area contributed by atoms with Gasteiger partial charge in [0.05, 0.1) is 5.39 Å². The molecule has 31 heavy (non-hydrogen) atoms. The van der Waals surface area contributed by atoms with Crippen molar-refractivity contribution in [3.05, 3.63) is 93.7 Å². The number of hydrogen-bond donors (Lipinski definition) is 4. The molecule has 0 aliphatic heterocycles. The zero-order chi connectivity index (χ0) is 21.6. The van der Waals surface area contributed by atoms with Gasteiger partial charge in [0, 0.05) is 28.3 Å². The van der Waals surface area contributed by atoms with Crippen molar-refractivity contribution in [3.63, 3.8) is 0 Å². The van der Waals surface area contributed by atoms with Gasteiger partial charge in [-0.05, 0) is 54.4 Å². The first-order valence-corrected chi connectivity index (χ1v) is 10.1. The lowest BCUT2D eigenvalue weighted by Crippen LogP contribution is -2.19. The Kier molecular flexibility index (Phi) is 6.14. The van der Waals surface area contributed by atoms with E-state index < -0.39 is 0 Å². The Balaban J connectivity index is 1.31. The highest BCUT2D eigenvalue weighted by atomic mass is 35.5. The summed E-state index contributed by atoms with van der Waals surface area (Å²) in [6, 6.07) is 21.5. The number of urea groups is 1. The number of rotatable bonds is 6. The van der Waals surface area contributed by atoms with Crippen LogP contribution in [0, 0.1) is 0 Å². The van der Waals surface area contributed by atoms with Crippen LogP contribution in [-0.4, -0.2) is 22.8 Å². The molecule has 2 amide bonds. The zero-order valence-corrected chi connectivity index (χ0v) is 17.2. The van der Waals surface area contributed by atoms with Gasteiger partial charge >= 0.3 is 6.03 Å². The molecule has 0 saturated heterocycles. The summed E-state index contributed by atoms with van der Waals surface area (Å²) in [6.07, 6.45) is 0.756. The number of hydrogen-bond acceptors (Lipinski definition) is 4. The first-order chi connectivity index (χ1) is 15.1. The van der Waals surface area contributed by atoms with Gasteiger partial charge in [-0.1, -0.05) is 41.9 Å². The van der Waals surface area contributed by atoms with Crippen molar-refractivity contribution < 1.29 is 4.79 Å². The van der Waals surface area contributed by atoms with Crippen LogP contribution in [-0.2, 0) is 6.42 Å². The Morgan fingerprint density at radius 3 is 2.16 bits per heavy atom. The highest BCUT2D eigenvalue weighted by molar-refractivity contribution is 6.30. The van der Waals surface area contributed by atoms with E-state index in [1.807, 2.05) is 42.5 Å². The summed E-state index contributed by atoms with van der Waals surface area (Å²) < 4.78 is 0. The molecule has 4 rings (SSSR count). The summed E-state index contributed by atoms with van der Waals surface area (Å²) in [4.78, 5) is 24.0. The predicted octanol–water partition coefficient (Wildman–Crippen LogP) is 4.88. The minimum absolute atomic E-state index is 0.204. The van der Waals surface area contributed by atoms with Crippen LogP contribution in [0.5, 0.6) is 0 Å². The molecule has 3 aromatic carbocycles. The van der Waals surface area contributed by atoms with E-state index in [0.717, 1.165) is 17.4 Å². The van der Waals surface area contributed by atoms with Crippen LogP contribution in [0.1, 0.15) is 5.56 Å². The lowest BCUT2D eigenvalue weighted by atomic mass is 10.1. The normalized spacial score (nSPS) is 10.6. The van der Waals surface area contributed by atoms with Gasteiger partial charge in [0.1, 0.15) is 0 Å². The molecule has 7 nitrogen and oxygen atoms in total. The number of nitrogens with one attached hydrogen (secondary N) is 4. The van der Waals surface area contributed by atoms with Gasteiger partial charge in [-0.15, -0.1) is 0 Å². The van der Waals surface area contributed by atoms with Gasteiger partial charge in [-0.3, -0.25) is 4.79 Å². The van der Waals surface area contributed by atoms with Crippen LogP contribution < -0.4 is 21.5 Å². The third-order valence-electron chi connectivity index (χ3n) is 4.72. The van der Waals surface area contributed by atoms with Crippen molar-refractivity contribution in [1.29, 1.82) is 0 Å². The van der Waals surface area contributed by atoms with Gasteiger partial charge in [0.15, 0.2) is 5.82 Å². The summed E-state index contributed by atoms with van der Waals surface area (Å²) >= 11 is 5.85. The summed E-state index contributed by atoms with van der Waals surface area (Å²) in [7, 11) is 0. The fourth-order valence-corrected chi connectivity index (χ4v) is 3.28. The van der Waals surface area contributed by atoms with E-state index in [0.29, 0.717) is 34.1 Å².